The number of carbonyl (C=O) groups excluding carboxylic acids is 1. The van der Waals surface area contributed by atoms with Gasteiger partial charge in [-0.15, -0.1) is 10.2 Å². The maximum Gasteiger partial charge on any atom is 0.433 e. The van der Waals surface area contributed by atoms with Crippen molar-refractivity contribution in [3.63, 3.8) is 0 Å². The first kappa shape index (κ1) is 22.9. The standard InChI is InChI=1S/C24H16F3N7O2/c1-14-29-13-19(36-14)15-4-2-5-16(10-15)23(35)30-21-7-8-22(32-31-21)34-20(24(25,26)27)11-18(33-34)17-6-3-9-28-12-17/h2-13H,1H3,(H,30,31,35). The number of rotatable bonds is 5. The highest BCUT2D eigenvalue weighted by Crippen LogP contribution is 2.33. The Morgan fingerprint density at radius 2 is 1.83 bits per heavy atom. The summed E-state index contributed by atoms with van der Waals surface area (Å²) in [6.07, 6.45) is -0.208. The Labute approximate surface area is 201 Å². The maximum absolute atomic E-state index is 13.7. The lowest BCUT2D eigenvalue weighted by Gasteiger charge is -2.09. The van der Waals surface area contributed by atoms with E-state index in [4.69, 9.17) is 4.42 Å². The van der Waals surface area contributed by atoms with Gasteiger partial charge in [0, 0.05) is 36.0 Å². The number of aromatic nitrogens is 6. The van der Waals surface area contributed by atoms with Gasteiger partial charge in [0.25, 0.3) is 5.91 Å². The van der Waals surface area contributed by atoms with Crippen LogP contribution in [0.4, 0.5) is 19.0 Å². The van der Waals surface area contributed by atoms with Gasteiger partial charge in [-0.05, 0) is 42.5 Å². The van der Waals surface area contributed by atoms with Crippen molar-refractivity contribution in [3.8, 4) is 28.4 Å². The van der Waals surface area contributed by atoms with Gasteiger partial charge in [-0.3, -0.25) is 9.78 Å². The molecular weight excluding hydrogens is 475 g/mol. The van der Waals surface area contributed by atoms with Gasteiger partial charge in [0.1, 0.15) is 0 Å². The number of oxazole rings is 1. The fourth-order valence-electron chi connectivity index (χ4n) is 3.41. The number of aryl methyl sites for hydroxylation is 1. The Bertz CT molecular complexity index is 1530. The van der Waals surface area contributed by atoms with E-state index in [0.717, 1.165) is 6.07 Å². The molecule has 0 fully saturated rings. The minimum atomic E-state index is -4.69. The number of carbonyl (C=O) groups is 1. The second-order valence-electron chi connectivity index (χ2n) is 7.62. The molecule has 180 valence electrons. The van der Waals surface area contributed by atoms with Gasteiger partial charge in [0.2, 0.25) is 0 Å². The van der Waals surface area contributed by atoms with E-state index in [-0.39, 0.29) is 17.3 Å². The molecule has 5 aromatic rings. The molecule has 0 spiro atoms. The number of benzene rings is 1. The van der Waals surface area contributed by atoms with Crippen molar-refractivity contribution in [2.45, 2.75) is 13.1 Å². The summed E-state index contributed by atoms with van der Waals surface area (Å²) in [5.41, 5.74) is 0.456. The van der Waals surface area contributed by atoms with Crippen LogP contribution >= 0.6 is 0 Å². The summed E-state index contributed by atoms with van der Waals surface area (Å²) in [7, 11) is 0. The van der Waals surface area contributed by atoms with E-state index in [0.29, 0.717) is 33.0 Å². The van der Waals surface area contributed by atoms with E-state index in [2.05, 4.69) is 30.6 Å². The molecule has 0 aliphatic rings. The zero-order chi connectivity index (χ0) is 25.3. The molecule has 0 radical (unpaired) electrons. The fourth-order valence-corrected chi connectivity index (χ4v) is 3.41. The SMILES string of the molecule is Cc1ncc(-c2cccc(C(=O)Nc3ccc(-n4nc(-c5cccnc5)cc4C(F)(F)F)nn3)c2)o1. The highest BCUT2D eigenvalue weighted by molar-refractivity contribution is 6.04. The summed E-state index contributed by atoms with van der Waals surface area (Å²) in [6.45, 7) is 1.71. The van der Waals surface area contributed by atoms with Crippen molar-refractivity contribution in [2.24, 2.45) is 0 Å². The fraction of sp³-hybridized carbons (Fsp3) is 0.0833. The maximum atomic E-state index is 13.7. The van der Waals surface area contributed by atoms with Crippen LogP contribution < -0.4 is 5.32 Å². The lowest BCUT2D eigenvalue weighted by molar-refractivity contribution is -0.142. The van der Waals surface area contributed by atoms with Gasteiger partial charge < -0.3 is 9.73 Å². The van der Waals surface area contributed by atoms with Gasteiger partial charge >= 0.3 is 6.18 Å². The average molecular weight is 491 g/mol. The largest absolute Gasteiger partial charge is 0.441 e. The third-order valence-corrected chi connectivity index (χ3v) is 5.10. The van der Waals surface area contributed by atoms with Crippen LogP contribution in [0, 0.1) is 6.92 Å². The van der Waals surface area contributed by atoms with E-state index < -0.39 is 17.8 Å². The molecule has 0 atom stereocenters. The van der Waals surface area contributed by atoms with Crippen molar-refractivity contribution in [3.05, 3.63) is 90.3 Å². The van der Waals surface area contributed by atoms with Gasteiger partial charge in [0.15, 0.2) is 29.0 Å². The number of hydrogen-bond acceptors (Lipinski definition) is 7. The topological polar surface area (TPSA) is 112 Å². The molecular formula is C24H16F3N7O2. The molecule has 0 aliphatic carbocycles. The Morgan fingerprint density at radius 3 is 2.50 bits per heavy atom. The molecule has 9 nitrogen and oxygen atoms in total. The number of pyridine rings is 1. The highest BCUT2D eigenvalue weighted by Gasteiger charge is 2.37. The summed E-state index contributed by atoms with van der Waals surface area (Å²) in [5.74, 6) is 0.408. The number of nitrogens with zero attached hydrogens (tertiary/aromatic N) is 6. The quantitative estimate of drug-likeness (QED) is 0.370. The highest BCUT2D eigenvalue weighted by atomic mass is 19.4. The van der Waals surface area contributed by atoms with Crippen molar-refractivity contribution in [1.82, 2.24) is 29.9 Å². The van der Waals surface area contributed by atoms with Crippen LogP contribution in [0.3, 0.4) is 0 Å². The molecule has 4 aromatic heterocycles. The number of anilines is 1. The van der Waals surface area contributed by atoms with Crippen LogP contribution in [-0.4, -0.2) is 35.9 Å². The summed E-state index contributed by atoms with van der Waals surface area (Å²) in [4.78, 5) is 20.7. The van der Waals surface area contributed by atoms with E-state index in [1.165, 1.54) is 24.5 Å². The molecule has 0 unspecified atom stereocenters. The molecule has 1 aromatic carbocycles. The first-order chi connectivity index (χ1) is 17.3. The van der Waals surface area contributed by atoms with Crippen LogP contribution in [0.25, 0.3) is 28.4 Å². The van der Waals surface area contributed by atoms with Crippen LogP contribution in [-0.2, 0) is 6.18 Å². The molecule has 1 N–H and O–H groups in total. The van der Waals surface area contributed by atoms with E-state index >= 15 is 0 Å². The van der Waals surface area contributed by atoms with Crippen LogP contribution in [0.15, 0.2) is 77.6 Å². The van der Waals surface area contributed by atoms with Gasteiger partial charge in [-0.2, -0.15) is 18.3 Å². The molecule has 5 rings (SSSR count). The first-order valence-corrected chi connectivity index (χ1v) is 10.5. The number of amides is 1. The van der Waals surface area contributed by atoms with Crippen molar-refractivity contribution in [1.29, 1.82) is 0 Å². The number of nitrogens with one attached hydrogen (secondary N) is 1. The predicted molar refractivity (Wildman–Crippen MR) is 122 cm³/mol. The van der Waals surface area contributed by atoms with Gasteiger partial charge in [0.05, 0.1) is 11.9 Å². The Balaban J connectivity index is 1.38. The molecule has 1 amide bonds. The van der Waals surface area contributed by atoms with Crippen molar-refractivity contribution < 1.29 is 22.4 Å². The molecule has 0 bridgehead atoms. The van der Waals surface area contributed by atoms with Crippen molar-refractivity contribution >= 4 is 11.7 Å². The van der Waals surface area contributed by atoms with Crippen LogP contribution in [0.1, 0.15) is 21.9 Å². The summed E-state index contributed by atoms with van der Waals surface area (Å²) in [5, 5.41) is 14.3. The molecule has 0 saturated heterocycles. The number of halogens is 3. The predicted octanol–water partition coefficient (Wildman–Crippen LogP) is 4.96. The third kappa shape index (κ3) is 4.69. The van der Waals surface area contributed by atoms with Gasteiger partial charge in [-0.25, -0.2) is 9.67 Å². The van der Waals surface area contributed by atoms with E-state index in [1.807, 2.05) is 0 Å². The van der Waals surface area contributed by atoms with Crippen LogP contribution in [0.2, 0.25) is 0 Å². The molecule has 12 heteroatoms. The minimum absolute atomic E-state index is 0.0536. The molecule has 0 aliphatic heterocycles. The zero-order valence-corrected chi connectivity index (χ0v) is 18.6. The lowest BCUT2D eigenvalue weighted by atomic mass is 10.1. The third-order valence-electron chi connectivity index (χ3n) is 5.10. The Morgan fingerprint density at radius 1 is 1.00 bits per heavy atom. The normalized spacial score (nSPS) is 11.4. The first-order valence-electron chi connectivity index (χ1n) is 10.5. The van der Waals surface area contributed by atoms with Gasteiger partial charge in [-0.1, -0.05) is 12.1 Å². The second-order valence-corrected chi connectivity index (χ2v) is 7.62. The average Bonchev–Trinajstić information content (AvgIpc) is 3.52. The zero-order valence-electron chi connectivity index (χ0n) is 18.6. The Kier molecular flexibility index (Phi) is 5.76. The van der Waals surface area contributed by atoms with Crippen LogP contribution in [0.5, 0.6) is 0 Å². The smallest absolute Gasteiger partial charge is 0.433 e. The monoisotopic (exact) mass is 491 g/mol. The van der Waals surface area contributed by atoms with E-state index in [9.17, 15) is 18.0 Å². The lowest BCUT2D eigenvalue weighted by Crippen LogP contribution is -2.16. The Hall–Kier alpha value is -4.87. The molecule has 0 saturated carbocycles. The minimum Gasteiger partial charge on any atom is -0.441 e. The molecule has 4 heterocycles. The summed E-state index contributed by atoms with van der Waals surface area (Å²) in [6, 6.07) is 13.4. The molecule has 36 heavy (non-hydrogen) atoms. The number of hydrogen-bond donors (Lipinski definition) is 1. The van der Waals surface area contributed by atoms with Crippen molar-refractivity contribution in [2.75, 3.05) is 5.32 Å². The summed E-state index contributed by atoms with van der Waals surface area (Å²) >= 11 is 0. The number of alkyl halides is 3. The second kappa shape index (κ2) is 9.06. The van der Waals surface area contributed by atoms with E-state index in [1.54, 1.807) is 49.5 Å². The summed E-state index contributed by atoms with van der Waals surface area (Å²) < 4.78 is 47.1.